The van der Waals surface area contributed by atoms with Crippen molar-refractivity contribution in [3.63, 3.8) is 0 Å². The number of ether oxygens (including phenoxy) is 1. The largest absolute Gasteiger partial charge is 0.490 e. The fourth-order valence-corrected chi connectivity index (χ4v) is 3.03. The molecule has 0 N–H and O–H groups in total. The highest BCUT2D eigenvalue weighted by molar-refractivity contribution is 6.01. The van der Waals surface area contributed by atoms with Crippen LogP contribution in [0.15, 0.2) is 12.1 Å². The molecule has 1 saturated heterocycles. The van der Waals surface area contributed by atoms with Gasteiger partial charge in [-0.15, -0.1) is 0 Å². The highest BCUT2D eigenvalue weighted by atomic mass is 16.6. The molecule has 1 aliphatic heterocycles. The topological polar surface area (TPSA) is 75.9 Å². The maximum absolute atomic E-state index is 12.0. The number of piperidine rings is 1. The first-order valence-electron chi connectivity index (χ1n) is 7.64. The number of Topliss-reactive ketones (excluding diaryl/α,β-unsaturated/α-hetero) is 1. The van der Waals surface area contributed by atoms with Gasteiger partial charge in [0.15, 0.2) is 11.5 Å². The Morgan fingerprint density at radius 3 is 2.39 bits per heavy atom. The van der Waals surface area contributed by atoms with E-state index in [1.165, 1.54) is 20.1 Å². The normalized spacial score (nSPS) is 15.8. The van der Waals surface area contributed by atoms with Gasteiger partial charge in [0.25, 0.3) is 0 Å². The van der Waals surface area contributed by atoms with E-state index in [-0.39, 0.29) is 17.2 Å². The Balaban J connectivity index is 2.38. The van der Waals surface area contributed by atoms with Gasteiger partial charge >= 0.3 is 5.69 Å². The van der Waals surface area contributed by atoms with Crippen LogP contribution in [0.3, 0.4) is 0 Å². The van der Waals surface area contributed by atoms with E-state index >= 15 is 0 Å². The third-order valence-electron chi connectivity index (χ3n) is 4.41. The second-order valence-electron chi connectivity index (χ2n) is 6.04. The minimum Gasteiger partial charge on any atom is -0.490 e. The van der Waals surface area contributed by atoms with E-state index < -0.39 is 4.92 Å². The van der Waals surface area contributed by atoms with Gasteiger partial charge in [0.05, 0.1) is 17.7 Å². The lowest BCUT2D eigenvalue weighted by Gasteiger charge is -2.37. The molecular weight excluding hydrogens is 298 g/mol. The second kappa shape index (κ2) is 6.95. The van der Waals surface area contributed by atoms with Crippen molar-refractivity contribution in [1.29, 1.82) is 0 Å². The van der Waals surface area contributed by atoms with Gasteiger partial charge < -0.3 is 14.5 Å². The summed E-state index contributed by atoms with van der Waals surface area (Å²) in [4.78, 5) is 26.9. The van der Waals surface area contributed by atoms with Gasteiger partial charge in [-0.1, -0.05) is 0 Å². The maximum Gasteiger partial charge on any atom is 0.311 e. The molecule has 0 saturated carbocycles. The predicted molar refractivity (Wildman–Crippen MR) is 88.6 cm³/mol. The van der Waals surface area contributed by atoms with Crippen LogP contribution in [0.5, 0.6) is 5.75 Å². The average molecular weight is 321 g/mol. The third kappa shape index (κ3) is 3.61. The van der Waals surface area contributed by atoms with E-state index in [4.69, 9.17) is 4.74 Å². The van der Waals surface area contributed by atoms with Crippen LogP contribution in [0.2, 0.25) is 0 Å². The Morgan fingerprint density at radius 2 is 1.96 bits per heavy atom. The molecule has 0 spiro atoms. The number of nitrogens with zero attached hydrogens (tertiary/aromatic N) is 3. The van der Waals surface area contributed by atoms with Crippen molar-refractivity contribution in [2.75, 3.05) is 39.2 Å². The van der Waals surface area contributed by atoms with E-state index in [9.17, 15) is 14.9 Å². The molecule has 1 aromatic carbocycles. The molecule has 0 radical (unpaired) electrons. The summed E-state index contributed by atoms with van der Waals surface area (Å²) >= 11 is 0. The van der Waals surface area contributed by atoms with Crippen LogP contribution in [-0.2, 0) is 0 Å². The summed E-state index contributed by atoms with van der Waals surface area (Å²) in [6, 6.07) is 3.46. The lowest BCUT2D eigenvalue weighted by molar-refractivity contribution is -0.385. The number of rotatable bonds is 5. The van der Waals surface area contributed by atoms with Crippen molar-refractivity contribution in [3.05, 3.63) is 27.8 Å². The van der Waals surface area contributed by atoms with E-state index in [1.807, 2.05) is 0 Å². The Bertz CT molecular complexity index is 608. The summed E-state index contributed by atoms with van der Waals surface area (Å²) in [6.07, 6.45) is 1.98. The Hall–Kier alpha value is -2.15. The van der Waals surface area contributed by atoms with Gasteiger partial charge in [-0.05, 0) is 33.9 Å². The van der Waals surface area contributed by atoms with Crippen LogP contribution in [0.4, 0.5) is 11.4 Å². The van der Waals surface area contributed by atoms with Gasteiger partial charge in [-0.3, -0.25) is 14.9 Å². The number of nitro benzene ring substituents is 1. The van der Waals surface area contributed by atoms with Crippen molar-refractivity contribution < 1.29 is 14.5 Å². The molecule has 1 fully saturated rings. The lowest BCUT2D eigenvalue weighted by atomic mass is 10.0. The molecule has 126 valence electrons. The van der Waals surface area contributed by atoms with E-state index in [0.717, 1.165) is 31.6 Å². The summed E-state index contributed by atoms with van der Waals surface area (Å²) in [7, 11) is 5.53. The zero-order valence-corrected chi connectivity index (χ0v) is 14.0. The second-order valence-corrected chi connectivity index (χ2v) is 6.04. The quantitative estimate of drug-likeness (QED) is 0.471. The first kappa shape index (κ1) is 17.2. The number of hydrogen-bond acceptors (Lipinski definition) is 6. The smallest absolute Gasteiger partial charge is 0.311 e. The standard InChI is InChI=1S/C16H23N3O4/c1-11(20)13-9-15(19(21)22)16(23-4)10-14(13)18-7-5-12(6-8-18)17(2)3/h9-10,12H,5-8H2,1-4H3. The highest BCUT2D eigenvalue weighted by Gasteiger charge is 2.27. The first-order chi connectivity index (χ1) is 10.8. The predicted octanol–water partition coefficient (Wildman–Crippen LogP) is 2.34. The molecular formula is C16H23N3O4. The highest BCUT2D eigenvalue weighted by Crippen LogP contribution is 2.36. The van der Waals surface area contributed by atoms with Crippen LogP contribution in [0, 0.1) is 10.1 Å². The number of ketones is 1. The van der Waals surface area contributed by atoms with Crippen LogP contribution in [0.25, 0.3) is 0 Å². The van der Waals surface area contributed by atoms with Gasteiger partial charge in [-0.25, -0.2) is 0 Å². The van der Waals surface area contributed by atoms with Crippen molar-refractivity contribution in [2.45, 2.75) is 25.8 Å². The molecule has 0 aliphatic carbocycles. The zero-order chi connectivity index (χ0) is 17.1. The minimum atomic E-state index is -0.521. The van der Waals surface area contributed by atoms with Crippen molar-refractivity contribution >= 4 is 17.2 Å². The van der Waals surface area contributed by atoms with Crippen LogP contribution < -0.4 is 9.64 Å². The maximum atomic E-state index is 12.0. The number of methoxy groups -OCH3 is 1. The van der Waals surface area contributed by atoms with Crippen molar-refractivity contribution in [2.24, 2.45) is 0 Å². The molecule has 1 aliphatic rings. The Kier molecular flexibility index (Phi) is 5.20. The monoisotopic (exact) mass is 321 g/mol. The average Bonchev–Trinajstić information content (AvgIpc) is 2.53. The molecule has 0 aromatic heterocycles. The van der Waals surface area contributed by atoms with Crippen LogP contribution in [0.1, 0.15) is 30.1 Å². The Morgan fingerprint density at radius 1 is 1.35 bits per heavy atom. The number of carbonyl (C=O) groups is 1. The summed E-state index contributed by atoms with van der Waals surface area (Å²) < 4.78 is 5.14. The van der Waals surface area contributed by atoms with E-state index in [0.29, 0.717) is 11.6 Å². The summed E-state index contributed by atoms with van der Waals surface area (Å²) in [5.41, 5.74) is 0.919. The molecule has 7 nitrogen and oxygen atoms in total. The summed E-state index contributed by atoms with van der Waals surface area (Å²) in [6.45, 7) is 3.05. The van der Waals surface area contributed by atoms with Gasteiger partial charge in [0.1, 0.15) is 0 Å². The van der Waals surface area contributed by atoms with Gasteiger partial charge in [0, 0.05) is 36.8 Å². The first-order valence-corrected chi connectivity index (χ1v) is 7.64. The minimum absolute atomic E-state index is 0.176. The fourth-order valence-electron chi connectivity index (χ4n) is 3.03. The molecule has 7 heteroatoms. The zero-order valence-electron chi connectivity index (χ0n) is 14.0. The SMILES string of the molecule is COc1cc(N2CCC(N(C)C)CC2)c(C(C)=O)cc1[N+](=O)[O-]. The van der Waals surface area contributed by atoms with Crippen LogP contribution in [-0.4, -0.2) is 55.9 Å². The summed E-state index contributed by atoms with van der Waals surface area (Å²) in [5, 5.41) is 11.2. The Labute approximate surface area is 136 Å². The molecule has 23 heavy (non-hydrogen) atoms. The number of carbonyl (C=O) groups excluding carboxylic acids is 1. The lowest BCUT2D eigenvalue weighted by Crippen LogP contribution is -2.42. The van der Waals surface area contributed by atoms with Crippen LogP contribution >= 0.6 is 0 Å². The number of nitro groups is 1. The third-order valence-corrected chi connectivity index (χ3v) is 4.41. The molecule has 0 bridgehead atoms. The molecule has 0 unspecified atom stereocenters. The molecule has 0 amide bonds. The number of benzene rings is 1. The van der Waals surface area contributed by atoms with E-state index in [1.54, 1.807) is 6.07 Å². The van der Waals surface area contributed by atoms with Crippen molar-refractivity contribution in [3.8, 4) is 5.75 Å². The fraction of sp³-hybridized carbons (Fsp3) is 0.562. The molecule has 1 aromatic rings. The molecule has 2 rings (SSSR count). The van der Waals surface area contributed by atoms with Gasteiger partial charge in [-0.2, -0.15) is 0 Å². The molecule has 1 heterocycles. The number of hydrogen-bond donors (Lipinski definition) is 0. The number of anilines is 1. The van der Waals surface area contributed by atoms with E-state index in [2.05, 4.69) is 23.9 Å². The summed E-state index contributed by atoms with van der Waals surface area (Å²) in [5.74, 6) is 0.00483. The van der Waals surface area contributed by atoms with Crippen molar-refractivity contribution in [1.82, 2.24) is 4.90 Å². The molecule has 0 atom stereocenters. The van der Waals surface area contributed by atoms with Gasteiger partial charge in [0.2, 0.25) is 0 Å².